The van der Waals surface area contributed by atoms with Gasteiger partial charge < -0.3 is 19.9 Å². The molecule has 2 fully saturated rings. The average molecular weight is 561 g/mol. The van der Waals surface area contributed by atoms with Crippen molar-refractivity contribution in [3.8, 4) is 28.1 Å². The fourth-order valence-electron chi connectivity index (χ4n) is 5.49. The van der Waals surface area contributed by atoms with E-state index in [4.69, 9.17) is 25.0 Å². The van der Waals surface area contributed by atoms with Gasteiger partial charge in [-0.05, 0) is 57.4 Å². The third-order valence-electron chi connectivity index (χ3n) is 7.64. The topological polar surface area (TPSA) is 134 Å². The lowest BCUT2D eigenvalue weighted by molar-refractivity contribution is -0.0734. The lowest BCUT2D eigenvalue weighted by Gasteiger charge is -2.41. The van der Waals surface area contributed by atoms with Gasteiger partial charge in [-0.1, -0.05) is 6.07 Å². The quantitative estimate of drug-likeness (QED) is 0.355. The lowest BCUT2D eigenvalue weighted by atomic mass is 10.0. The predicted molar refractivity (Wildman–Crippen MR) is 155 cm³/mol. The molecule has 5 heterocycles. The smallest absolute Gasteiger partial charge is 0.412 e. The molecule has 0 aliphatic carbocycles. The van der Waals surface area contributed by atoms with E-state index in [-0.39, 0.29) is 0 Å². The Balaban J connectivity index is 1.29. The van der Waals surface area contributed by atoms with E-state index >= 15 is 0 Å². The van der Waals surface area contributed by atoms with E-state index < -0.39 is 11.7 Å². The Labute approximate surface area is 238 Å². The van der Waals surface area contributed by atoms with Crippen LogP contribution in [0.25, 0.3) is 27.9 Å². The van der Waals surface area contributed by atoms with Gasteiger partial charge in [0.2, 0.25) is 0 Å². The van der Waals surface area contributed by atoms with Gasteiger partial charge in [0.25, 0.3) is 0 Å². The van der Waals surface area contributed by atoms with Crippen molar-refractivity contribution in [2.24, 2.45) is 0 Å². The molecule has 6 rings (SSSR count). The van der Waals surface area contributed by atoms with Crippen molar-refractivity contribution >= 4 is 23.1 Å². The first-order chi connectivity index (χ1) is 19.7. The van der Waals surface area contributed by atoms with Gasteiger partial charge in [-0.25, -0.2) is 14.3 Å². The van der Waals surface area contributed by atoms with Crippen LogP contribution in [-0.2, 0) is 9.47 Å². The standard InChI is InChI=1S/C29H36N8O4/c1-29(2,3)41-28(38)34-23-6-5-18(11-25(23)39-4)22-12-24(37-26(22)27(30)31-17-33-37)19-13-32-36(14-19)20-7-9-35(10-8-20)21-15-40-16-21/h5-6,11-14,17,20-21H,7-10,15-16H2,1-4H3,(H,34,38)(H2,30,31,33). The summed E-state index contributed by atoms with van der Waals surface area (Å²) in [6.45, 7) is 9.24. The monoisotopic (exact) mass is 560 g/mol. The normalized spacial score (nSPS) is 17.0. The number of benzene rings is 1. The van der Waals surface area contributed by atoms with Gasteiger partial charge in [-0.15, -0.1) is 0 Å². The summed E-state index contributed by atoms with van der Waals surface area (Å²) in [5, 5.41) is 12.0. The molecule has 0 spiro atoms. The number of piperidine rings is 1. The summed E-state index contributed by atoms with van der Waals surface area (Å²) in [5.74, 6) is 0.841. The number of hydrogen-bond acceptors (Lipinski definition) is 9. The van der Waals surface area contributed by atoms with Gasteiger partial charge in [-0.2, -0.15) is 10.2 Å². The van der Waals surface area contributed by atoms with Crippen LogP contribution in [0.1, 0.15) is 39.7 Å². The number of likely N-dealkylation sites (tertiary alicyclic amines) is 1. The summed E-state index contributed by atoms with van der Waals surface area (Å²) >= 11 is 0. The predicted octanol–water partition coefficient (Wildman–Crippen LogP) is 4.23. The molecule has 0 bridgehead atoms. The highest BCUT2D eigenvalue weighted by molar-refractivity contribution is 5.94. The van der Waals surface area contributed by atoms with Crippen LogP contribution in [0.2, 0.25) is 0 Å². The van der Waals surface area contributed by atoms with E-state index in [2.05, 4.69) is 31.2 Å². The molecule has 4 aromatic rings. The molecule has 12 nitrogen and oxygen atoms in total. The number of rotatable bonds is 6. The minimum atomic E-state index is -0.618. The Hall–Kier alpha value is -4.16. The zero-order valence-corrected chi connectivity index (χ0v) is 23.8. The third kappa shape index (κ3) is 5.44. The molecule has 2 saturated heterocycles. The number of nitrogens with two attached hydrogens (primary N) is 1. The maximum atomic E-state index is 12.4. The number of fused-ring (bicyclic) bond motifs is 1. The van der Waals surface area contributed by atoms with Gasteiger partial charge in [0.05, 0.1) is 50.0 Å². The number of methoxy groups -OCH3 is 1. The molecule has 1 aromatic carbocycles. The third-order valence-corrected chi connectivity index (χ3v) is 7.64. The number of aromatic nitrogens is 5. The number of nitrogens with zero attached hydrogens (tertiary/aromatic N) is 6. The zero-order valence-electron chi connectivity index (χ0n) is 23.8. The van der Waals surface area contributed by atoms with Crippen LogP contribution in [-0.4, -0.2) is 80.4 Å². The van der Waals surface area contributed by atoms with Crippen LogP contribution in [0, 0.1) is 0 Å². The lowest BCUT2D eigenvalue weighted by Crippen LogP contribution is -2.51. The number of anilines is 2. The first-order valence-corrected chi connectivity index (χ1v) is 13.9. The molecular formula is C29H36N8O4. The minimum absolute atomic E-state index is 0.348. The van der Waals surface area contributed by atoms with Crippen molar-refractivity contribution < 1.29 is 19.0 Å². The van der Waals surface area contributed by atoms with Crippen LogP contribution >= 0.6 is 0 Å². The van der Waals surface area contributed by atoms with E-state index in [9.17, 15) is 4.79 Å². The van der Waals surface area contributed by atoms with Crippen LogP contribution < -0.4 is 15.8 Å². The average Bonchev–Trinajstić information content (AvgIpc) is 3.53. The minimum Gasteiger partial charge on any atom is -0.495 e. The molecule has 0 atom stereocenters. The van der Waals surface area contributed by atoms with Gasteiger partial charge >= 0.3 is 6.09 Å². The van der Waals surface area contributed by atoms with Crippen molar-refractivity contribution in [2.75, 3.05) is 44.5 Å². The second-order valence-corrected chi connectivity index (χ2v) is 11.6. The van der Waals surface area contributed by atoms with Crippen LogP contribution in [0.3, 0.4) is 0 Å². The Kier molecular flexibility index (Phi) is 7.04. The van der Waals surface area contributed by atoms with Crippen LogP contribution in [0.15, 0.2) is 43.0 Å². The summed E-state index contributed by atoms with van der Waals surface area (Å²) in [5.41, 5.74) is 10.4. The summed E-state index contributed by atoms with van der Waals surface area (Å²) in [4.78, 5) is 19.1. The molecule has 41 heavy (non-hydrogen) atoms. The summed E-state index contributed by atoms with van der Waals surface area (Å²) < 4.78 is 20.3. The van der Waals surface area contributed by atoms with Gasteiger partial charge in [0.1, 0.15) is 23.2 Å². The number of carbonyl (C=O) groups excluding carboxylic acids is 1. The van der Waals surface area contributed by atoms with Gasteiger partial charge in [0, 0.05) is 30.4 Å². The zero-order chi connectivity index (χ0) is 28.7. The fourth-order valence-corrected chi connectivity index (χ4v) is 5.49. The van der Waals surface area contributed by atoms with Crippen molar-refractivity contribution in [2.45, 2.75) is 51.3 Å². The van der Waals surface area contributed by atoms with Gasteiger partial charge in [-0.3, -0.25) is 14.9 Å². The van der Waals surface area contributed by atoms with Crippen molar-refractivity contribution in [3.63, 3.8) is 0 Å². The molecule has 1 amide bonds. The highest BCUT2D eigenvalue weighted by Gasteiger charge is 2.30. The molecule has 3 N–H and O–H groups in total. The molecule has 3 aromatic heterocycles. The maximum absolute atomic E-state index is 12.4. The second-order valence-electron chi connectivity index (χ2n) is 11.6. The van der Waals surface area contributed by atoms with Crippen LogP contribution in [0.5, 0.6) is 5.75 Å². The molecule has 0 saturated carbocycles. The molecular weight excluding hydrogens is 524 g/mol. The largest absolute Gasteiger partial charge is 0.495 e. The SMILES string of the molecule is COc1cc(-c2cc(-c3cnn(C4CCN(C5COC5)CC4)c3)n3ncnc(N)c23)ccc1NC(=O)OC(C)(C)C. The second kappa shape index (κ2) is 10.7. The molecule has 2 aliphatic rings. The Morgan fingerprint density at radius 1 is 1.10 bits per heavy atom. The van der Waals surface area contributed by atoms with E-state index in [1.807, 2.05) is 45.2 Å². The molecule has 2 aliphatic heterocycles. The van der Waals surface area contributed by atoms with E-state index in [1.54, 1.807) is 17.7 Å². The first-order valence-electron chi connectivity index (χ1n) is 13.9. The molecule has 216 valence electrons. The first kappa shape index (κ1) is 27.0. The maximum Gasteiger partial charge on any atom is 0.412 e. The number of ether oxygens (including phenoxy) is 3. The fraction of sp³-hybridized carbons (Fsp3) is 0.448. The van der Waals surface area contributed by atoms with Crippen molar-refractivity contribution in [1.29, 1.82) is 0 Å². The Morgan fingerprint density at radius 3 is 2.56 bits per heavy atom. The molecule has 0 unspecified atom stereocenters. The number of nitrogens with one attached hydrogen (secondary N) is 1. The number of amides is 1. The van der Waals surface area contributed by atoms with Crippen molar-refractivity contribution in [1.82, 2.24) is 29.3 Å². The van der Waals surface area contributed by atoms with Gasteiger partial charge in [0.15, 0.2) is 5.82 Å². The summed E-state index contributed by atoms with van der Waals surface area (Å²) in [6, 6.07) is 8.48. The summed E-state index contributed by atoms with van der Waals surface area (Å²) in [6.07, 6.45) is 6.97. The number of hydrogen-bond donors (Lipinski definition) is 2. The molecule has 12 heteroatoms. The molecule has 0 radical (unpaired) electrons. The van der Waals surface area contributed by atoms with E-state index in [0.717, 1.165) is 61.5 Å². The van der Waals surface area contributed by atoms with Crippen LogP contribution in [0.4, 0.5) is 16.3 Å². The van der Waals surface area contributed by atoms with Crippen molar-refractivity contribution in [3.05, 3.63) is 43.0 Å². The summed E-state index contributed by atoms with van der Waals surface area (Å²) in [7, 11) is 1.55. The number of carbonyl (C=O) groups is 1. The highest BCUT2D eigenvalue weighted by Crippen LogP contribution is 2.38. The van der Waals surface area contributed by atoms with E-state index in [1.165, 1.54) is 6.33 Å². The Morgan fingerprint density at radius 2 is 1.88 bits per heavy atom. The highest BCUT2D eigenvalue weighted by atomic mass is 16.6. The van der Waals surface area contributed by atoms with E-state index in [0.29, 0.717) is 34.9 Å². The number of nitrogen functional groups attached to an aromatic ring is 1. The Bertz CT molecular complexity index is 1560.